The molecule has 2 aliphatic rings. The third-order valence-corrected chi connectivity index (χ3v) is 6.29. The number of fused-ring (bicyclic) bond motifs is 1. The molecule has 2 aromatic rings. The summed E-state index contributed by atoms with van der Waals surface area (Å²) in [5, 5.41) is 3.63. The van der Waals surface area contributed by atoms with Gasteiger partial charge in [-0.1, -0.05) is 48.0 Å². The van der Waals surface area contributed by atoms with Crippen LogP contribution in [0.1, 0.15) is 35.2 Å². The van der Waals surface area contributed by atoms with Gasteiger partial charge in [0.2, 0.25) is 0 Å². The number of benzene rings is 2. The zero-order chi connectivity index (χ0) is 20.2. The van der Waals surface area contributed by atoms with E-state index in [2.05, 4.69) is 5.32 Å². The molecule has 1 N–H and O–H groups in total. The number of nitrogens with one attached hydrogen (secondary N) is 1. The van der Waals surface area contributed by atoms with Gasteiger partial charge >= 0.3 is 6.03 Å². The fourth-order valence-corrected chi connectivity index (χ4v) is 4.69. The van der Waals surface area contributed by atoms with Crippen LogP contribution in [0.25, 0.3) is 0 Å². The van der Waals surface area contributed by atoms with Crippen molar-refractivity contribution in [1.82, 2.24) is 15.1 Å². The Morgan fingerprint density at radius 1 is 0.966 bits per heavy atom. The van der Waals surface area contributed by atoms with Gasteiger partial charge in [-0.05, 0) is 48.9 Å². The molecule has 0 bridgehead atoms. The van der Waals surface area contributed by atoms with Gasteiger partial charge in [-0.3, -0.25) is 4.79 Å². The summed E-state index contributed by atoms with van der Waals surface area (Å²) in [4.78, 5) is 29.5. The Hall–Kier alpha value is -2.53. The minimum absolute atomic E-state index is 0.00373. The van der Waals surface area contributed by atoms with Gasteiger partial charge < -0.3 is 15.1 Å². The normalized spacial score (nSPS) is 21.4. The lowest BCUT2D eigenvalue weighted by Crippen LogP contribution is -2.44. The van der Waals surface area contributed by atoms with Gasteiger partial charge in [-0.25, -0.2) is 4.79 Å². The van der Waals surface area contributed by atoms with Crippen molar-refractivity contribution in [3.05, 3.63) is 70.7 Å². The van der Waals surface area contributed by atoms with Gasteiger partial charge in [0.15, 0.2) is 0 Å². The number of amides is 3. The highest BCUT2D eigenvalue weighted by Crippen LogP contribution is 2.32. The van der Waals surface area contributed by atoms with Crippen LogP contribution in [0.5, 0.6) is 0 Å². The van der Waals surface area contributed by atoms with Crippen LogP contribution in [0.4, 0.5) is 4.79 Å². The molecule has 0 saturated carbocycles. The van der Waals surface area contributed by atoms with E-state index in [0.29, 0.717) is 29.6 Å². The number of hydrogen-bond acceptors (Lipinski definition) is 2. The van der Waals surface area contributed by atoms with E-state index in [1.54, 1.807) is 18.2 Å². The molecule has 2 fully saturated rings. The van der Waals surface area contributed by atoms with Crippen molar-refractivity contribution in [2.24, 2.45) is 5.92 Å². The number of carbonyl (C=O) groups is 2. The molecule has 3 amide bonds. The third-order valence-electron chi connectivity index (χ3n) is 6.06. The second-order valence-corrected chi connectivity index (χ2v) is 8.27. The Labute approximate surface area is 176 Å². The Balaban J connectivity index is 1.37. The Morgan fingerprint density at radius 2 is 1.72 bits per heavy atom. The molecule has 0 unspecified atom stereocenters. The van der Waals surface area contributed by atoms with Crippen LogP contribution in [0.2, 0.25) is 5.02 Å². The standard InChI is InChI=1S/C23H26ClN3O2/c24-20-8-4-7-19(15-20)22(28)26-12-9-18-10-14-27(21(18)11-13-26)23(29)25-16-17-5-2-1-3-6-17/h1-8,15,18,21H,9-14,16H2,(H,25,29)/t18-,21+/m1/s1. The maximum absolute atomic E-state index is 12.9. The van der Waals surface area contributed by atoms with Crippen molar-refractivity contribution in [2.45, 2.75) is 31.8 Å². The Morgan fingerprint density at radius 3 is 2.52 bits per heavy atom. The van der Waals surface area contributed by atoms with E-state index in [0.717, 1.165) is 37.9 Å². The smallest absolute Gasteiger partial charge is 0.317 e. The van der Waals surface area contributed by atoms with E-state index in [1.807, 2.05) is 46.2 Å². The van der Waals surface area contributed by atoms with E-state index < -0.39 is 0 Å². The number of carbonyl (C=O) groups excluding carboxylic acids is 2. The fraction of sp³-hybridized carbons (Fsp3) is 0.391. The van der Waals surface area contributed by atoms with Crippen LogP contribution in [-0.2, 0) is 6.54 Å². The van der Waals surface area contributed by atoms with Crippen molar-refractivity contribution in [1.29, 1.82) is 0 Å². The van der Waals surface area contributed by atoms with Crippen molar-refractivity contribution in [3.8, 4) is 0 Å². The van der Waals surface area contributed by atoms with Gasteiger partial charge in [0.1, 0.15) is 0 Å². The largest absolute Gasteiger partial charge is 0.339 e. The monoisotopic (exact) mass is 411 g/mol. The van der Waals surface area contributed by atoms with Crippen LogP contribution < -0.4 is 5.32 Å². The van der Waals surface area contributed by atoms with Gasteiger partial charge in [-0.2, -0.15) is 0 Å². The summed E-state index contributed by atoms with van der Waals surface area (Å²) in [6, 6.07) is 17.3. The summed E-state index contributed by atoms with van der Waals surface area (Å²) >= 11 is 6.04. The number of halogens is 1. The molecule has 4 rings (SSSR count). The number of urea groups is 1. The number of rotatable bonds is 3. The molecule has 6 heteroatoms. The van der Waals surface area contributed by atoms with Gasteiger partial charge in [0.25, 0.3) is 5.91 Å². The summed E-state index contributed by atoms with van der Waals surface area (Å²) < 4.78 is 0. The van der Waals surface area contributed by atoms with E-state index in [1.165, 1.54) is 0 Å². The number of likely N-dealkylation sites (tertiary alicyclic amines) is 2. The van der Waals surface area contributed by atoms with E-state index in [4.69, 9.17) is 11.6 Å². The zero-order valence-corrected chi connectivity index (χ0v) is 17.1. The maximum Gasteiger partial charge on any atom is 0.317 e. The minimum atomic E-state index is -0.00373. The predicted octanol–water partition coefficient (Wildman–Crippen LogP) is 4.18. The molecule has 152 valence electrons. The van der Waals surface area contributed by atoms with Crippen LogP contribution in [0, 0.1) is 5.92 Å². The molecule has 29 heavy (non-hydrogen) atoms. The molecule has 5 nitrogen and oxygen atoms in total. The SMILES string of the molecule is O=C(c1cccc(Cl)c1)N1CC[C@@H]2CCN(C(=O)NCc3ccccc3)[C@H]2CC1. The maximum atomic E-state index is 12.9. The lowest BCUT2D eigenvalue weighted by Gasteiger charge is -2.27. The highest BCUT2D eigenvalue weighted by Gasteiger charge is 2.39. The second kappa shape index (κ2) is 8.87. The van der Waals surface area contributed by atoms with Gasteiger partial charge in [0.05, 0.1) is 0 Å². The van der Waals surface area contributed by atoms with E-state index in [9.17, 15) is 9.59 Å². The summed E-state index contributed by atoms with van der Waals surface area (Å²) in [6.45, 7) is 2.71. The molecule has 2 aromatic carbocycles. The predicted molar refractivity (Wildman–Crippen MR) is 114 cm³/mol. The first-order chi connectivity index (χ1) is 14.1. The number of nitrogens with zero attached hydrogens (tertiary/aromatic N) is 2. The van der Waals surface area contributed by atoms with E-state index in [-0.39, 0.29) is 18.0 Å². The molecule has 2 saturated heterocycles. The Bertz CT molecular complexity index is 873. The zero-order valence-electron chi connectivity index (χ0n) is 16.4. The molecular weight excluding hydrogens is 386 g/mol. The molecule has 2 atom stereocenters. The van der Waals surface area contributed by atoms with Crippen molar-refractivity contribution in [2.75, 3.05) is 19.6 Å². The van der Waals surface area contributed by atoms with Gasteiger partial charge in [-0.15, -0.1) is 0 Å². The number of hydrogen-bond donors (Lipinski definition) is 1. The first kappa shape index (κ1) is 19.8. The quantitative estimate of drug-likeness (QED) is 0.823. The summed E-state index contributed by atoms with van der Waals surface area (Å²) in [5.41, 5.74) is 1.72. The molecule has 0 aliphatic carbocycles. The van der Waals surface area contributed by atoms with Crippen LogP contribution in [0.3, 0.4) is 0 Å². The first-order valence-corrected chi connectivity index (χ1v) is 10.6. The molecule has 0 aromatic heterocycles. The van der Waals surface area contributed by atoms with Crippen LogP contribution >= 0.6 is 11.6 Å². The molecular formula is C23H26ClN3O2. The fourth-order valence-electron chi connectivity index (χ4n) is 4.50. The Kier molecular flexibility index (Phi) is 6.05. The van der Waals surface area contributed by atoms with Crippen LogP contribution in [-0.4, -0.2) is 47.4 Å². The average molecular weight is 412 g/mol. The molecule has 0 radical (unpaired) electrons. The van der Waals surface area contributed by atoms with Gasteiger partial charge in [0, 0.05) is 42.8 Å². The highest BCUT2D eigenvalue weighted by atomic mass is 35.5. The van der Waals surface area contributed by atoms with Crippen molar-refractivity contribution < 1.29 is 9.59 Å². The third kappa shape index (κ3) is 4.56. The topological polar surface area (TPSA) is 52.7 Å². The highest BCUT2D eigenvalue weighted by molar-refractivity contribution is 6.30. The van der Waals surface area contributed by atoms with Crippen molar-refractivity contribution in [3.63, 3.8) is 0 Å². The molecule has 0 spiro atoms. The lowest BCUT2D eigenvalue weighted by atomic mass is 9.96. The minimum Gasteiger partial charge on any atom is -0.339 e. The first-order valence-electron chi connectivity index (χ1n) is 10.2. The molecule has 2 heterocycles. The van der Waals surface area contributed by atoms with E-state index >= 15 is 0 Å². The lowest BCUT2D eigenvalue weighted by molar-refractivity contribution is 0.0757. The summed E-state index contributed by atoms with van der Waals surface area (Å²) in [7, 11) is 0. The van der Waals surface area contributed by atoms with Crippen molar-refractivity contribution >= 4 is 23.5 Å². The summed E-state index contributed by atoms with van der Waals surface area (Å²) in [6.07, 6.45) is 2.75. The second-order valence-electron chi connectivity index (χ2n) is 7.83. The average Bonchev–Trinajstić information content (AvgIpc) is 3.04. The van der Waals surface area contributed by atoms with Crippen LogP contribution in [0.15, 0.2) is 54.6 Å². The molecule has 2 aliphatic heterocycles. The summed E-state index contributed by atoms with van der Waals surface area (Å²) in [5.74, 6) is 0.474.